The van der Waals surface area contributed by atoms with E-state index in [1.165, 1.54) is 18.9 Å². The lowest BCUT2D eigenvalue weighted by atomic mass is 9.98. The van der Waals surface area contributed by atoms with Gasteiger partial charge in [-0.1, -0.05) is 17.7 Å². The van der Waals surface area contributed by atoms with Crippen LogP contribution in [0.15, 0.2) is 47.5 Å². The highest BCUT2D eigenvalue weighted by Crippen LogP contribution is 2.39. The maximum atomic E-state index is 12.8. The van der Waals surface area contributed by atoms with Crippen LogP contribution in [0.25, 0.3) is 10.9 Å². The number of benzene rings is 1. The van der Waals surface area contributed by atoms with Gasteiger partial charge < -0.3 is 15.0 Å². The van der Waals surface area contributed by atoms with Crippen molar-refractivity contribution in [3.8, 4) is 6.07 Å². The van der Waals surface area contributed by atoms with Gasteiger partial charge in [-0.2, -0.15) is 5.26 Å². The third kappa shape index (κ3) is 4.83. The van der Waals surface area contributed by atoms with E-state index in [4.69, 9.17) is 11.6 Å². The summed E-state index contributed by atoms with van der Waals surface area (Å²) in [5, 5.41) is 23.1. The van der Waals surface area contributed by atoms with Gasteiger partial charge in [-0.05, 0) is 73.9 Å². The molecule has 1 aromatic carbocycles. The summed E-state index contributed by atoms with van der Waals surface area (Å²) in [5.41, 5.74) is 2.77. The number of pyridine rings is 2. The standard InChI is InChI=1S/C28H25ClN6O3/c1-28(2,27-31-13-18(14-32-27)16-5-6-16)34-21-11-24(36)35(3)23-7-4-15(9-19(21)23)8-17-10-22(26(37)38)33-25(29)20(17)12-30/h4,7,9-11,13-14,16,34H,5-6,8H2,1-3H3,(H,37,38). The van der Waals surface area contributed by atoms with Crippen molar-refractivity contribution >= 4 is 34.2 Å². The Balaban J connectivity index is 1.55. The predicted molar refractivity (Wildman–Crippen MR) is 144 cm³/mol. The maximum Gasteiger partial charge on any atom is 0.354 e. The highest BCUT2D eigenvalue weighted by molar-refractivity contribution is 6.30. The van der Waals surface area contributed by atoms with Crippen LogP contribution >= 0.6 is 11.6 Å². The van der Waals surface area contributed by atoms with Crippen molar-refractivity contribution in [2.45, 2.75) is 44.6 Å². The van der Waals surface area contributed by atoms with Crippen LogP contribution in [0.1, 0.15) is 71.2 Å². The summed E-state index contributed by atoms with van der Waals surface area (Å²) in [4.78, 5) is 37.3. The Morgan fingerprint density at radius 2 is 1.95 bits per heavy atom. The molecular formula is C28H25ClN6O3. The molecule has 192 valence electrons. The van der Waals surface area contributed by atoms with E-state index in [2.05, 4.69) is 20.3 Å². The number of carbonyl (C=O) groups is 1. The van der Waals surface area contributed by atoms with Gasteiger partial charge in [-0.15, -0.1) is 0 Å². The largest absolute Gasteiger partial charge is 0.477 e. The highest BCUT2D eigenvalue weighted by atomic mass is 35.5. The molecule has 2 N–H and O–H groups in total. The number of hydrogen-bond donors (Lipinski definition) is 2. The van der Waals surface area contributed by atoms with E-state index in [0.29, 0.717) is 28.5 Å². The molecule has 3 heterocycles. The normalized spacial score (nSPS) is 13.3. The van der Waals surface area contributed by atoms with Crippen molar-refractivity contribution in [3.63, 3.8) is 0 Å². The molecule has 1 aliphatic rings. The molecule has 5 rings (SSSR count). The zero-order chi connectivity index (χ0) is 27.2. The molecule has 3 aromatic heterocycles. The summed E-state index contributed by atoms with van der Waals surface area (Å²) in [5.74, 6) is -0.0616. The number of aromatic carboxylic acids is 1. The minimum atomic E-state index is -1.23. The van der Waals surface area contributed by atoms with Crippen LogP contribution in [0.3, 0.4) is 0 Å². The first-order valence-corrected chi connectivity index (χ1v) is 12.5. The van der Waals surface area contributed by atoms with Gasteiger partial charge in [0.15, 0.2) is 5.82 Å². The van der Waals surface area contributed by atoms with E-state index in [-0.39, 0.29) is 28.4 Å². The second-order valence-corrected chi connectivity index (χ2v) is 10.5. The highest BCUT2D eigenvalue weighted by Gasteiger charge is 2.28. The molecule has 0 amide bonds. The molecule has 0 radical (unpaired) electrons. The van der Waals surface area contributed by atoms with Crippen LogP contribution in [-0.2, 0) is 19.0 Å². The molecule has 0 saturated heterocycles. The third-order valence-corrected chi connectivity index (χ3v) is 7.09. The lowest BCUT2D eigenvalue weighted by Crippen LogP contribution is -2.31. The minimum Gasteiger partial charge on any atom is -0.477 e. The second kappa shape index (κ2) is 9.54. The molecule has 1 fully saturated rings. The van der Waals surface area contributed by atoms with E-state index >= 15 is 0 Å². The average Bonchev–Trinajstić information content (AvgIpc) is 3.72. The smallest absolute Gasteiger partial charge is 0.354 e. The van der Waals surface area contributed by atoms with Crippen molar-refractivity contribution in [3.05, 3.63) is 92.0 Å². The molecule has 0 atom stereocenters. The van der Waals surface area contributed by atoms with Gasteiger partial charge in [0.05, 0.1) is 16.6 Å². The van der Waals surface area contributed by atoms with Crippen LogP contribution in [-0.4, -0.2) is 30.6 Å². The monoisotopic (exact) mass is 528 g/mol. The van der Waals surface area contributed by atoms with Gasteiger partial charge in [0, 0.05) is 36.6 Å². The number of carboxylic acids is 1. The van der Waals surface area contributed by atoms with Crippen molar-refractivity contribution < 1.29 is 9.90 Å². The Morgan fingerprint density at radius 3 is 2.58 bits per heavy atom. The number of rotatable bonds is 7. The Morgan fingerprint density at radius 1 is 1.24 bits per heavy atom. The predicted octanol–water partition coefficient (Wildman–Crippen LogP) is 4.76. The number of aryl methyl sites for hydroxylation is 1. The minimum absolute atomic E-state index is 0.128. The number of hydrogen-bond acceptors (Lipinski definition) is 7. The Labute approximate surface area is 223 Å². The molecule has 1 saturated carbocycles. The third-order valence-electron chi connectivity index (χ3n) is 6.82. The molecule has 1 aliphatic carbocycles. The molecule has 4 aromatic rings. The van der Waals surface area contributed by atoms with Crippen LogP contribution in [0.4, 0.5) is 5.69 Å². The summed E-state index contributed by atoms with van der Waals surface area (Å²) in [7, 11) is 1.70. The Bertz CT molecular complexity index is 1680. The second-order valence-electron chi connectivity index (χ2n) is 10.1. The van der Waals surface area contributed by atoms with Crippen LogP contribution < -0.4 is 10.9 Å². The lowest BCUT2D eigenvalue weighted by molar-refractivity contribution is 0.0690. The van der Waals surface area contributed by atoms with Crippen molar-refractivity contribution in [1.29, 1.82) is 5.26 Å². The number of nitrogens with zero attached hydrogens (tertiary/aromatic N) is 5. The lowest BCUT2D eigenvalue weighted by Gasteiger charge is -2.27. The van der Waals surface area contributed by atoms with Gasteiger partial charge in [0.2, 0.25) is 0 Å². The molecule has 0 spiro atoms. The first kappa shape index (κ1) is 25.4. The fourth-order valence-electron chi connectivity index (χ4n) is 4.55. The van der Waals surface area contributed by atoms with E-state index in [1.54, 1.807) is 17.7 Å². The summed E-state index contributed by atoms with van der Waals surface area (Å²) in [6.07, 6.45) is 6.35. The molecule has 10 heteroatoms. The fraction of sp³-hybridized carbons (Fsp3) is 0.286. The quantitative estimate of drug-likeness (QED) is 0.328. The molecule has 9 nitrogen and oxygen atoms in total. The Hall–Kier alpha value is -4.29. The van der Waals surface area contributed by atoms with Crippen LogP contribution in [0, 0.1) is 11.3 Å². The topological polar surface area (TPSA) is 134 Å². The number of carboxylic acid groups (broad SMARTS) is 1. The number of nitriles is 1. The number of aromatic nitrogens is 4. The summed E-state index contributed by atoms with van der Waals surface area (Å²) in [6, 6.07) is 10.5. The average molecular weight is 529 g/mol. The number of fused-ring (bicyclic) bond motifs is 1. The molecule has 38 heavy (non-hydrogen) atoms. The van der Waals surface area contributed by atoms with E-state index < -0.39 is 11.5 Å². The number of halogens is 1. The van der Waals surface area contributed by atoms with Gasteiger partial charge >= 0.3 is 5.97 Å². The first-order chi connectivity index (χ1) is 18.1. The summed E-state index contributed by atoms with van der Waals surface area (Å²) >= 11 is 6.11. The summed E-state index contributed by atoms with van der Waals surface area (Å²) < 4.78 is 1.56. The first-order valence-electron chi connectivity index (χ1n) is 12.1. The van der Waals surface area contributed by atoms with E-state index in [1.807, 2.05) is 50.5 Å². The van der Waals surface area contributed by atoms with E-state index in [9.17, 15) is 20.0 Å². The molecule has 0 unspecified atom stereocenters. The van der Waals surface area contributed by atoms with Crippen molar-refractivity contribution in [2.24, 2.45) is 7.05 Å². The van der Waals surface area contributed by atoms with Crippen LogP contribution in [0.2, 0.25) is 5.15 Å². The summed E-state index contributed by atoms with van der Waals surface area (Å²) in [6.45, 7) is 3.91. The fourth-order valence-corrected chi connectivity index (χ4v) is 4.81. The van der Waals surface area contributed by atoms with Crippen LogP contribution in [0.5, 0.6) is 0 Å². The molecule has 0 bridgehead atoms. The van der Waals surface area contributed by atoms with Gasteiger partial charge in [-0.25, -0.2) is 19.7 Å². The number of nitrogens with one attached hydrogen (secondary N) is 1. The van der Waals surface area contributed by atoms with Gasteiger partial charge in [-0.3, -0.25) is 4.79 Å². The van der Waals surface area contributed by atoms with Gasteiger partial charge in [0.1, 0.15) is 16.9 Å². The SMILES string of the molecule is Cn1c(=O)cc(NC(C)(C)c2ncc(C3CC3)cn2)c2cc(Cc3cc(C(=O)O)nc(Cl)c3C#N)ccc21. The zero-order valence-corrected chi connectivity index (χ0v) is 21.9. The number of anilines is 1. The molecular weight excluding hydrogens is 504 g/mol. The zero-order valence-electron chi connectivity index (χ0n) is 21.1. The van der Waals surface area contributed by atoms with E-state index in [0.717, 1.165) is 16.5 Å². The maximum absolute atomic E-state index is 12.8. The Kier molecular flexibility index (Phi) is 6.37. The van der Waals surface area contributed by atoms with Crippen molar-refractivity contribution in [2.75, 3.05) is 5.32 Å². The van der Waals surface area contributed by atoms with Crippen molar-refractivity contribution in [1.82, 2.24) is 19.5 Å². The molecule has 0 aliphatic heterocycles. The van der Waals surface area contributed by atoms with Gasteiger partial charge in [0.25, 0.3) is 5.56 Å².